The minimum absolute atomic E-state index is 0.0327. The molecule has 0 aliphatic carbocycles. The van der Waals surface area contributed by atoms with Crippen LogP contribution in [0.4, 0.5) is 25.2 Å². The highest BCUT2D eigenvalue weighted by Crippen LogP contribution is 2.36. The van der Waals surface area contributed by atoms with Crippen molar-refractivity contribution in [3.63, 3.8) is 0 Å². The van der Waals surface area contributed by atoms with Gasteiger partial charge in [-0.3, -0.25) is 0 Å². The van der Waals surface area contributed by atoms with Gasteiger partial charge in [-0.15, -0.1) is 0 Å². The Kier molecular flexibility index (Phi) is 4.02. The Morgan fingerprint density at radius 3 is 2.67 bits per heavy atom. The minimum Gasteiger partial charge on any atom is -0.464 e. The first-order valence-electron chi connectivity index (χ1n) is 6.79. The third-order valence-electron chi connectivity index (χ3n) is 3.43. The fourth-order valence-electron chi connectivity index (χ4n) is 2.35. The van der Waals surface area contributed by atoms with E-state index in [-0.39, 0.29) is 33.1 Å². The normalized spacial score (nSPS) is 10.8. The second-order valence-corrected chi connectivity index (χ2v) is 5.34. The van der Waals surface area contributed by atoms with Gasteiger partial charge in [-0.1, -0.05) is 17.7 Å². The number of hydrogen-bond donors (Lipinski definition) is 1. The number of rotatable bonds is 2. The van der Waals surface area contributed by atoms with Crippen LogP contribution in [0.25, 0.3) is 10.9 Å². The van der Waals surface area contributed by atoms with Gasteiger partial charge >= 0.3 is 6.09 Å². The topological polar surface area (TPSA) is 66.3 Å². The van der Waals surface area contributed by atoms with Crippen LogP contribution in [0.2, 0.25) is 5.02 Å². The van der Waals surface area contributed by atoms with Crippen molar-refractivity contribution >= 4 is 40.2 Å². The summed E-state index contributed by atoms with van der Waals surface area (Å²) in [6.45, 7) is 1.51. The Morgan fingerprint density at radius 1 is 1.29 bits per heavy atom. The molecule has 0 fully saturated rings. The highest BCUT2D eigenvalue weighted by molar-refractivity contribution is 6.36. The first-order valence-corrected chi connectivity index (χ1v) is 7.17. The molecule has 3 rings (SSSR count). The highest BCUT2D eigenvalue weighted by atomic mass is 35.5. The molecule has 122 valence electrons. The summed E-state index contributed by atoms with van der Waals surface area (Å²) in [6, 6.07) is 6.39. The molecule has 1 N–H and O–H groups in total. The molecular weight excluding hydrogens is 340 g/mol. The standard InChI is InChI=1S/C16H10ClF2N3O2/c1-8-14(17)13-10(19)6-9(18)7-11(13)21-15(8)22(16(23)24)12-4-2-3-5-20-12/h2-7H,1H3,(H,23,24). The number of halogens is 3. The smallest absolute Gasteiger partial charge is 0.418 e. The number of anilines is 2. The lowest BCUT2D eigenvalue weighted by molar-refractivity contribution is 0.204. The van der Waals surface area contributed by atoms with Crippen molar-refractivity contribution in [2.24, 2.45) is 0 Å². The molecule has 3 aromatic rings. The van der Waals surface area contributed by atoms with Crippen LogP contribution < -0.4 is 4.90 Å². The molecule has 0 aliphatic rings. The van der Waals surface area contributed by atoms with E-state index in [1.807, 2.05) is 0 Å². The summed E-state index contributed by atoms with van der Waals surface area (Å²) in [5.74, 6) is -1.67. The molecule has 24 heavy (non-hydrogen) atoms. The molecule has 0 bridgehead atoms. The molecule has 8 heteroatoms. The lowest BCUT2D eigenvalue weighted by atomic mass is 10.1. The third-order valence-corrected chi connectivity index (χ3v) is 3.90. The van der Waals surface area contributed by atoms with E-state index >= 15 is 0 Å². The minimum atomic E-state index is -1.35. The van der Waals surface area contributed by atoms with Gasteiger partial charge in [-0.05, 0) is 19.1 Å². The van der Waals surface area contributed by atoms with Gasteiger partial charge in [0.25, 0.3) is 0 Å². The van der Waals surface area contributed by atoms with Crippen molar-refractivity contribution in [1.29, 1.82) is 0 Å². The number of benzene rings is 1. The number of fused-ring (bicyclic) bond motifs is 1. The van der Waals surface area contributed by atoms with Crippen LogP contribution in [-0.2, 0) is 0 Å². The summed E-state index contributed by atoms with van der Waals surface area (Å²) >= 11 is 6.18. The maximum Gasteiger partial charge on any atom is 0.418 e. The predicted octanol–water partition coefficient (Wildman–Crippen LogP) is 4.69. The quantitative estimate of drug-likeness (QED) is 0.729. The molecule has 0 spiro atoms. The summed E-state index contributed by atoms with van der Waals surface area (Å²) in [4.78, 5) is 20.6. The van der Waals surface area contributed by atoms with Gasteiger partial charge in [0.05, 0.1) is 15.9 Å². The van der Waals surface area contributed by atoms with E-state index in [2.05, 4.69) is 9.97 Å². The fraction of sp³-hybridized carbons (Fsp3) is 0.0625. The molecule has 0 radical (unpaired) electrons. The molecule has 0 aliphatic heterocycles. The number of nitrogens with zero attached hydrogens (tertiary/aromatic N) is 3. The van der Waals surface area contributed by atoms with Crippen molar-refractivity contribution in [1.82, 2.24) is 9.97 Å². The Bertz CT molecular complexity index is 951. The molecule has 0 unspecified atom stereocenters. The van der Waals surface area contributed by atoms with Crippen molar-refractivity contribution in [3.05, 3.63) is 58.7 Å². The van der Waals surface area contributed by atoms with E-state index in [0.29, 0.717) is 6.07 Å². The van der Waals surface area contributed by atoms with Crippen LogP contribution in [0.3, 0.4) is 0 Å². The molecule has 0 saturated heterocycles. The van der Waals surface area contributed by atoms with Crippen LogP contribution in [0.15, 0.2) is 36.5 Å². The number of pyridine rings is 2. The van der Waals surface area contributed by atoms with E-state index in [0.717, 1.165) is 11.0 Å². The summed E-state index contributed by atoms with van der Waals surface area (Å²) < 4.78 is 27.5. The zero-order valence-corrected chi connectivity index (χ0v) is 13.1. The lowest BCUT2D eigenvalue weighted by Crippen LogP contribution is -2.26. The summed E-state index contributed by atoms with van der Waals surface area (Å²) in [7, 11) is 0. The lowest BCUT2D eigenvalue weighted by Gasteiger charge is -2.20. The van der Waals surface area contributed by atoms with Gasteiger partial charge in [0, 0.05) is 23.9 Å². The molecule has 2 heterocycles. The van der Waals surface area contributed by atoms with Crippen LogP contribution >= 0.6 is 11.6 Å². The number of aromatic nitrogens is 2. The molecule has 1 aromatic carbocycles. The van der Waals surface area contributed by atoms with Crippen LogP contribution in [0.1, 0.15) is 5.56 Å². The number of carboxylic acid groups (broad SMARTS) is 1. The van der Waals surface area contributed by atoms with Gasteiger partial charge in [0.1, 0.15) is 23.3 Å². The first-order chi connectivity index (χ1) is 11.4. The molecule has 1 amide bonds. The Balaban J connectivity index is 2.32. The first kappa shape index (κ1) is 16.1. The molecular formula is C16H10ClF2N3O2. The van der Waals surface area contributed by atoms with Gasteiger partial charge in [-0.2, -0.15) is 0 Å². The van der Waals surface area contributed by atoms with Crippen LogP contribution in [0.5, 0.6) is 0 Å². The van der Waals surface area contributed by atoms with E-state index in [4.69, 9.17) is 11.6 Å². The maximum absolute atomic E-state index is 14.0. The maximum atomic E-state index is 14.0. The van der Waals surface area contributed by atoms with Gasteiger partial charge in [-0.25, -0.2) is 28.4 Å². The Labute approximate surface area is 140 Å². The third kappa shape index (κ3) is 2.63. The average Bonchev–Trinajstić information content (AvgIpc) is 2.52. The summed E-state index contributed by atoms with van der Waals surface area (Å²) in [6.07, 6.45) is 0.0689. The highest BCUT2D eigenvalue weighted by Gasteiger charge is 2.25. The number of hydrogen-bond acceptors (Lipinski definition) is 3. The second-order valence-electron chi connectivity index (χ2n) is 4.96. The van der Waals surface area contributed by atoms with Crippen molar-refractivity contribution in [2.75, 3.05) is 4.90 Å². The zero-order chi connectivity index (χ0) is 17.4. The number of amides is 1. The predicted molar refractivity (Wildman–Crippen MR) is 85.8 cm³/mol. The molecule has 5 nitrogen and oxygen atoms in total. The molecule has 2 aromatic heterocycles. The largest absolute Gasteiger partial charge is 0.464 e. The van der Waals surface area contributed by atoms with E-state index in [1.165, 1.54) is 19.2 Å². The van der Waals surface area contributed by atoms with Gasteiger partial charge < -0.3 is 5.11 Å². The second kappa shape index (κ2) is 6.01. The van der Waals surface area contributed by atoms with Gasteiger partial charge in [0.15, 0.2) is 0 Å². The van der Waals surface area contributed by atoms with E-state index < -0.39 is 17.7 Å². The average molecular weight is 350 g/mol. The summed E-state index contributed by atoms with van der Waals surface area (Å²) in [5.41, 5.74) is 0.156. The summed E-state index contributed by atoms with van der Waals surface area (Å²) in [5, 5.41) is 9.43. The Hall–Kier alpha value is -2.80. The molecule has 0 saturated carbocycles. The van der Waals surface area contributed by atoms with Crippen molar-refractivity contribution in [2.45, 2.75) is 6.92 Å². The van der Waals surface area contributed by atoms with Crippen LogP contribution in [0, 0.1) is 18.6 Å². The zero-order valence-electron chi connectivity index (χ0n) is 12.3. The van der Waals surface area contributed by atoms with E-state index in [1.54, 1.807) is 12.1 Å². The van der Waals surface area contributed by atoms with E-state index in [9.17, 15) is 18.7 Å². The molecule has 0 atom stereocenters. The SMILES string of the molecule is Cc1c(N(C(=O)O)c2ccccn2)nc2cc(F)cc(F)c2c1Cl. The monoisotopic (exact) mass is 349 g/mol. The Morgan fingerprint density at radius 2 is 2.04 bits per heavy atom. The van der Waals surface area contributed by atoms with Crippen molar-refractivity contribution < 1.29 is 18.7 Å². The number of carbonyl (C=O) groups is 1. The fourth-order valence-corrected chi connectivity index (χ4v) is 2.62. The van der Waals surface area contributed by atoms with Crippen LogP contribution in [-0.4, -0.2) is 21.2 Å². The van der Waals surface area contributed by atoms with Gasteiger partial charge in [0.2, 0.25) is 0 Å². The van der Waals surface area contributed by atoms with Crippen molar-refractivity contribution in [3.8, 4) is 0 Å².